The molecule has 0 saturated heterocycles. The molecule has 0 aliphatic heterocycles. The molecule has 126 valence electrons. The zero-order valence-corrected chi connectivity index (χ0v) is 15.4. The third-order valence-corrected chi connectivity index (χ3v) is 4.08. The van der Waals surface area contributed by atoms with Crippen LogP contribution in [0.1, 0.15) is 15.9 Å². The molecular weight excluding hydrogens is 398 g/mol. The zero-order valence-electron chi connectivity index (χ0n) is 13.1. The monoisotopic (exact) mass is 411 g/mol. The van der Waals surface area contributed by atoms with E-state index in [-0.39, 0.29) is 12.2 Å². The molecule has 0 bridgehead atoms. The van der Waals surface area contributed by atoms with Crippen molar-refractivity contribution in [3.05, 3.63) is 57.0 Å². The Morgan fingerprint density at radius 1 is 1.21 bits per heavy atom. The Balaban J connectivity index is 2.04. The highest BCUT2D eigenvalue weighted by atomic mass is 79.9. The number of nitrogens with one attached hydrogen (secondary N) is 1. The van der Waals surface area contributed by atoms with Gasteiger partial charge >= 0.3 is 5.97 Å². The number of amides is 1. The van der Waals surface area contributed by atoms with E-state index in [0.29, 0.717) is 20.9 Å². The lowest BCUT2D eigenvalue weighted by atomic mass is 10.2. The highest BCUT2D eigenvalue weighted by molar-refractivity contribution is 9.10. The molecule has 5 nitrogen and oxygen atoms in total. The van der Waals surface area contributed by atoms with Gasteiger partial charge in [-0.05, 0) is 48.9 Å². The fraction of sp³-hybridized carbons (Fsp3) is 0.176. The molecule has 2 aromatic rings. The highest BCUT2D eigenvalue weighted by Gasteiger charge is 2.15. The molecule has 0 aromatic heterocycles. The topological polar surface area (TPSA) is 64.6 Å². The molecule has 7 heteroatoms. The van der Waals surface area contributed by atoms with Gasteiger partial charge in [-0.3, -0.25) is 4.79 Å². The molecule has 2 rings (SSSR count). The average Bonchev–Trinajstić information content (AvgIpc) is 2.56. The van der Waals surface area contributed by atoms with Crippen molar-refractivity contribution in [1.82, 2.24) is 0 Å². The van der Waals surface area contributed by atoms with E-state index in [9.17, 15) is 9.59 Å². The normalized spacial score (nSPS) is 10.2. The Hall–Kier alpha value is -2.05. The van der Waals surface area contributed by atoms with E-state index in [4.69, 9.17) is 21.1 Å². The number of aryl methyl sites for hydroxylation is 1. The second-order valence-corrected chi connectivity index (χ2v) is 6.25. The van der Waals surface area contributed by atoms with Crippen molar-refractivity contribution in [2.45, 2.75) is 6.92 Å². The first-order chi connectivity index (χ1) is 11.4. The lowest BCUT2D eigenvalue weighted by Gasteiger charge is -2.11. The maximum absolute atomic E-state index is 12.1. The number of hydrogen-bond acceptors (Lipinski definition) is 4. The highest BCUT2D eigenvalue weighted by Crippen LogP contribution is 2.23. The average molecular weight is 413 g/mol. The van der Waals surface area contributed by atoms with Gasteiger partial charge < -0.3 is 14.8 Å². The summed E-state index contributed by atoms with van der Waals surface area (Å²) in [6.07, 6.45) is 0. The number of rotatable bonds is 5. The number of carbonyl (C=O) groups is 2. The summed E-state index contributed by atoms with van der Waals surface area (Å²) in [5.41, 5.74) is 1.46. The maximum atomic E-state index is 12.1. The second-order valence-electron chi connectivity index (χ2n) is 4.93. The smallest absolute Gasteiger partial charge is 0.340 e. The Morgan fingerprint density at radius 3 is 2.62 bits per heavy atom. The molecule has 24 heavy (non-hydrogen) atoms. The maximum Gasteiger partial charge on any atom is 0.340 e. The molecule has 0 aliphatic carbocycles. The third kappa shape index (κ3) is 4.72. The first kappa shape index (κ1) is 18.3. The Kier molecular flexibility index (Phi) is 6.23. The number of methoxy groups -OCH3 is 1. The van der Waals surface area contributed by atoms with Gasteiger partial charge in [-0.1, -0.05) is 27.5 Å². The molecule has 0 saturated carbocycles. The van der Waals surface area contributed by atoms with Crippen molar-refractivity contribution in [3.8, 4) is 5.75 Å². The van der Waals surface area contributed by atoms with E-state index >= 15 is 0 Å². The molecule has 0 heterocycles. The fourth-order valence-electron chi connectivity index (χ4n) is 1.95. The third-order valence-electron chi connectivity index (χ3n) is 3.16. The molecule has 2 aromatic carbocycles. The summed E-state index contributed by atoms with van der Waals surface area (Å²) < 4.78 is 10.8. The van der Waals surface area contributed by atoms with Crippen molar-refractivity contribution >= 4 is 45.1 Å². The van der Waals surface area contributed by atoms with Crippen LogP contribution >= 0.6 is 27.5 Å². The molecule has 0 spiro atoms. The molecule has 0 radical (unpaired) electrons. The van der Waals surface area contributed by atoms with Crippen molar-refractivity contribution < 1.29 is 19.1 Å². The predicted octanol–water partition coefficient (Wildman–Crippen LogP) is 4.22. The van der Waals surface area contributed by atoms with Gasteiger partial charge in [0, 0.05) is 9.50 Å². The van der Waals surface area contributed by atoms with Crippen LogP contribution in [0.2, 0.25) is 5.02 Å². The van der Waals surface area contributed by atoms with Gasteiger partial charge in [0.15, 0.2) is 6.61 Å². The number of anilines is 1. The summed E-state index contributed by atoms with van der Waals surface area (Å²) in [5.74, 6) is -0.396. The molecule has 1 amide bonds. The first-order valence-electron chi connectivity index (χ1n) is 6.97. The standard InChI is InChI=1S/C17H15BrClNO4/c1-10-7-12(4-5-14(10)19)24-9-16(21)20-15-6-3-11(18)8-13(15)17(22)23-2/h3-8H,9H2,1-2H3,(H,20,21). The van der Waals surface area contributed by atoms with Crippen LogP contribution < -0.4 is 10.1 Å². The minimum Gasteiger partial charge on any atom is -0.484 e. The molecule has 0 fully saturated rings. The van der Waals surface area contributed by atoms with Gasteiger partial charge in [-0.2, -0.15) is 0 Å². The van der Waals surface area contributed by atoms with Crippen LogP contribution in [-0.2, 0) is 9.53 Å². The van der Waals surface area contributed by atoms with E-state index in [1.165, 1.54) is 7.11 Å². The van der Waals surface area contributed by atoms with Crippen molar-refractivity contribution in [3.63, 3.8) is 0 Å². The molecule has 1 N–H and O–H groups in total. The minimum absolute atomic E-state index is 0.197. The summed E-state index contributed by atoms with van der Waals surface area (Å²) in [4.78, 5) is 23.8. The van der Waals surface area contributed by atoms with Crippen molar-refractivity contribution in [2.75, 3.05) is 19.0 Å². The summed E-state index contributed by atoms with van der Waals surface area (Å²) >= 11 is 9.22. The van der Waals surface area contributed by atoms with E-state index < -0.39 is 11.9 Å². The summed E-state index contributed by atoms with van der Waals surface area (Å²) in [6.45, 7) is 1.65. The number of benzene rings is 2. The van der Waals surface area contributed by atoms with Gasteiger partial charge in [0.1, 0.15) is 5.75 Å². The van der Waals surface area contributed by atoms with E-state index in [0.717, 1.165) is 5.56 Å². The van der Waals surface area contributed by atoms with Crippen LogP contribution in [0.5, 0.6) is 5.75 Å². The van der Waals surface area contributed by atoms with E-state index in [2.05, 4.69) is 21.2 Å². The number of ether oxygens (including phenoxy) is 2. The fourth-order valence-corrected chi connectivity index (χ4v) is 2.43. The summed E-state index contributed by atoms with van der Waals surface area (Å²) in [6, 6.07) is 10.0. The Bertz CT molecular complexity index is 779. The SMILES string of the molecule is COC(=O)c1cc(Br)ccc1NC(=O)COc1ccc(Cl)c(C)c1. The van der Waals surface area contributed by atoms with Crippen LogP contribution in [-0.4, -0.2) is 25.6 Å². The Morgan fingerprint density at radius 2 is 1.96 bits per heavy atom. The predicted molar refractivity (Wildman–Crippen MR) is 95.8 cm³/mol. The quantitative estimate of drug-likeness (QED) is 0.747. The number of halogens is 2. The minimum atomic E-state index is -0.541. The largest absolute Gasteiger partial charge is 0.484 e. The second kappa shape index (κ2) is 8.17. The van der Waals surface area contributed by atoms with Gasteiger partial charge in [-0.15, -0.1) is 0 Å². The molecule has 0 atom stereocenters. The van der Waals surface area contributed by atoms with E-state index in [1.807, 2.05) is 6.92 Å². The zero-order chi connectivity index (χ0) is 17.7. The van der Waals surface area contributed by atoms with Crippen molar-refractivity contribution in [1.29, 1.82) is 0 Å². The van der Waals surface area contributed by atoms with Gasteiger partial charge in [0.05, 0.1) is 18.4 Å². The van der Waals surface area contributed by atoms with Crippen LogP contribution in [0.15, 0.2) is 40.9 Å². The molecule has 0 aliphatic rings. The number of hydrogen-bond donors (Lipinski definition) is 1. The summed E-state index contributed by atoms with van der Waals surface area (Å²) in [5, 5.41) is 3.27. The molecular formula is C17H15BrClNO4. The first-order valence-corrected chi connectivity index (χ1v) is 8.14. The van der Waals surface area contributed by atoms with Crippen LogP contribution in [0.4, 0.5) is 5.69 Å². The van der Waals surface area contributed by atoms with Crippen LogP contribution in [0.3, 0.4) is 0 Å². The van der Waals surface area contributed by atoms with Gasteiger partial charge in [0.25, 0.3) is 5.91 Å². The Labute approximate surface area is 153 Å². The number of carbonyl (C=O) groups excluding carboxylic acids is 2. The van der Waals surface area contributed by atoms with Crippen molar-refractivity contribution in [2.24, 2.45) is 0 Å². The van der Waals surface area contributed by atoms with E-state index in [1.54, 1.807) is 36.4 Å². The van der Waals surface area contributed by atoms with Crippen LogP contribution in [0, 0.1) is 6.92 Å². The molecule has 0 unspecified atom stereocenters. The van der Waals surface area contributed by atoms with Gasteiger partial charge in [0.2, 0.25) is 0 Å². The lowest BCUT2D eigenvalue weighted by molar-refractivity contribution is -0.118. The van der Waals surface area contributed by atoms with Crippen LogP contribution in [0.25, 0.3) is 0 Å². The lowest BCUT2D eigenvalue weighted by Crippen LogP contribution is -2.21. The summed E-state index contributed by atoms with van der Waals surface area (Å²) in [7, 11) is 1.28. The van der Waals surface area contributed by atoms with Gasteiger partial charge in [-0.25, -0.2) is 4.79 Å². The number of esters is 1.